The van der Waals surface area contributed by atoms with E-state index < -0.39 is 0 Å². The summed E-state index contributed by atoms with van der Waals surface area (Å²) in [5.41, 5.74) is 0. The van der Waals surface area contributed by atoms with Gasteiger partial charge in [-0.2, -0.15) is 0 Å². The second kappa shape index (κ2) is 5.83. The monoisotopic (exact) mass is 213 g/mol. The molecular formula is C12H23NO2. The van der Waals surface area contributed by atoms with Gasteiger partial charge in [0.15, 0.2) is 0 Å². The van der Waals surface area contributed by atoms with E-state index in [0.717, 1.165) is 30.9 Å². The van der Waals surface area contributed by atoms with Crippen molar-refractivity contribution >= 4 is 0 Å². The molecule has 0 amide bonds. The van der Waals surface area contributed by atoms with Crippen molar-refractivity contribution in [1.29, 1.82) is 0 Å². The molecular weight excluding hydrogens is 190 g/mol. The molecule has 3 atom stereocenters. The third kappa shape index (κ3) is 3.16. The van der Waals surface area contributed by atoms with E-state index in [2.05, 4.69) is 5.32 Å². The standard InChI is InChI=1S/C12H23NO2/c14-4-6-15-5-3-13-9-12-8-10-1-2-11(12)7-10/h10-14H,1-9H2. The summed E-state index contributed by atoms with van der Waals surface area (Å²) >= 11 is 0. The first-order chi connectivity index (χ1) is 7.40. The lowest BCUT2D eigenvalue weighted by atomic mass is 9.89. The van der Waals surface area contributed by atoms with Crippen LogP contribution >= 0.6 is 0 Å². The van der Waals surface area contributed by atoms with Gasteiger partial charge in [-0.25, -0.2) is 0 Å². The molecule has 3 unspecified atom stereocenters. The van der Waals surface area contributed by atoms with Crippen molar-refractivity contribution in [3.05, 3.63) is 0 Å². The van der Waals surface area contributed by atoms with Gasteiger partial charge in [-0.05, 0) is 43.6 Å². The van der Waals surface area contributed by atoms with Gasteiger partial charge in [0.1, 0.15) is 0 Å². The summed E-state index contributed by atoms with van der Waals surface area (Å²) < 4.78 is 5.20. The fourth-order valence-electron chi connectivity index (χ4n) is 3.22. The molecule has 2 aliphatic rings. The summed E-state index contributed by atoms with van der Waals surface area (Å²) in [6, 6.07) is 0. The van der Waals surface area contributed by atoms with E-state index in [1.54, 1.807) is 0 Å². The molecule has 0 aliphatic heterocycles. The Morgan fingerprint density at radius 2 is 2.13 bits per heavy atom. The Kier molecular flexibility index (Phi) is 4.42. The first kappa shape index (κ1) is 11.4. The zero-order valence-corrected chi connectivity index (χ0v) is 9.45. The van der Waals surface area contributed by atoms with Gasteiger partial charge in [-0.1, -0.05) is 6.42 Å². The molecule has 3 nitrogen and oxygen atoms in total. The molecule has 2 saturated carbocycles. The van der Waals surface area contributed by atoms with Crippen molar-refractivity contribution in [2.45, 2.75) is 25.7 Å². The highest BCUT2D eigenvalue weighted by Crippen LogP contribution is 2.47. The molecule has 2 bridgehead atoms. The lowest BCUT2D eigenvalue weighted by molar-refractivity contribution is 0.0930. The maximum Gasteiger partial charge on any atom is 0.0698 e. The number of hydrogen-bond donors (Lipinski definition) is 2. The molecule has 15 heavy (non-hydrogen) atoms. The van der Waals surface area contributed by atoms with Gasteiger partial charge in [-0.15, -0.1) is 0 Å². The van der Waals surface area contributed by atoms with Gasteiger partial charge in [0.05, 0.1) is 19.8 Å². The van der Waals surface area contributed by atoms with Gasteiger partial charge in [0, 0.05) is 6.54 Å². The minimum absolute atomic E-state index is 0.131. The summed E-state index contributed by atoms with van der Waals surface area (Å²) in [5, 5.41) is 12.0. The SMILES string of the molecule is OCCOCCNCC1CC2CCC1C2. The Labute approximate surface area is 92.2 Å². The van der Waals surface area contributed by atoms with Crippen molar-refractivity contribution in [2.75, 3.05) is 32.9 Å². The molecule has 2 fully saturated rings. The van der Waals surface area contributed by atoms with Crippen molar-refractivity contribution in [1.82, 2.24) is 5.32 Å². The van der Waals surface area contributed by atoms with Crippen LogP contribution < -0.4 is 5.32 Å². The first-order valence-corrected chi connectivity index (χ1v) is 6.29. The lowest BCUT2D eigenvalue weighted by Gasteiger charge is -2.21. The highest BCUT2D eigenvalue weighted by atomic mass is 16.5. The second-order valence-electron chi connectivity index (χ2n) is 4.98. The van der Waals surface area contributed by atoms with E-state index in [1.807, 2.05) is 0 Å². The number of aliphatic hydroxyl groups excluding tert-OH is 1. The molecule has 0 heterocycles. The Bertz CT molecular complexity index is 186. The van der Waals surface area contributed by atoms with E-state index in [-0.39, 0.29) is 6.61 Å². The van der Waals surface area contributed by atoms with Crippen molar-refractivity contribution in [2.24, 2.45) is 17.8 Å². The molecule has 0 radical (unpaired) electrons. The zero-order valence-electron chi connectivity index (χ0n) is 9.45. The fourth-order valence-corrected chi connectivity index (χ4v) is 3.22. The van der Waals surface area contributed by atoms with E-state index in [0.29, 0.717) is 6.61 Å². The van der Waals surface area contributed by atoms with Crippen LogP contribution in [0.1, 0.15) is 25.7 Å². The third-order valence-electron chi connectivity index (χ3n) is 3.95. The van der Waals surface area contributed by atoms with Crippen LogP contribution in [0.3, 0.4) is 0 Å². The van der Waals surface area contributed by atoms with Crippen LogP contribution in [0.4, 0.5) is 0 Å². The second-order valence-corrected chi connectivity index (χ2v) is 4.98. The van der Waals surface area contributed by atoms with Crippen molar-refractivity contribution < 1.29 is 9.84 Å². The van der Waals surface area contributed by atoms with Crippen LogP contribution in [0.15, 0.2) is 0 Å². The highest BCUT2D eigenvalue weighted by Gasteiger charge is 2.38. The average Bonchev–Trinajstić information content (AvgIpc) is 2.85. The van der Waals surface area contributed by atoms with Crippen LogP contribution in [0.5, 0.6) is 0 Å². The number of hydrogen-bond acceptors (Lipinski definition) is 3. The normalized spacial score (nSPS) is 33.8. The Morgan fingerprint density at radius 1 is 1.20 bits per heavy atom. The summed E-state index contributed by atoms with van der Waals surface area (Å²) in [6.07, 6.45) is 5.90. The highest BCUT2D eigenvalue weighted by molar-refractivity contribution is 4.90. The quantitative estimate of drug-likeness (QED) is 0.620. The summed E-state index contributed by atoms with van der Waals surface area (Å²) in [5.74, 6) is 3.00. The number of nitrogens with one attached hydrogen (secondary N) is 1. The van der Waals surface area contributed by atoms with Crippen LogP contribution in [-0.4, -0.2) is 38.0 Å². The predicted molar refractivity (Wildman–Crippen MR) is 59.7 cm³/mol. The first-order valence-electron chi connectivity index (χ1n) is 6.29. The van der Waals surface area contributed by atoms with Gasteiger partial charge in [0.25, 0.3) is 0 Å². The Hall–Kier alpha value is -0.120. The number of rotatable bonds is 7. The molecule has 0 aromatic heterocycles. The van der Waals surface area contributed by atoms with Crippen LogP contribution in [0.2, 0.25) is 0 Å². The minimum atomic E-state index is 0.131. The molecule has 0 aromatic rings. The van der Waals surface area contributed by atoms with Crippen LogP contribution in [-0.2, 0) is 4.74 Å². The summed E-state index contributed by atoms with van der Waals surface area (Å²) in [6.45, 7) is 3.42. The molecule has 0 spiro atoms. The summed E-state index contributed by atoms with van der Waals surface area (Å²) in [4.78, 5) is 0. The molecule has 88 valence electrons. The van der Waals surface area contributed by atoms with E-state index >= 15 is 0 Å². The average molecular weight is 213 g/mol. The third-order valence-corrected chi connectivity index (χ3v) is 3.95. The summed E-state index contributed by atoms with van der Waals surface area (Å²) in [7, 11) is 0. The minimum Gasteiger partial charge on any atom is -0.394 e. The van der Waals surface area contributed by atoms with Crippen molar-refractivity contribution in [3.8, 4) is 0 Å². The zero-order chi connectivity index (χ0) is 10.5. The van der Waals surface area contributed by atoms with Crippen LogP contribution in [0.25, 0.3) is 0 Å². The Balaban J connectivity index is 1.48. The molecule has 2 N–H and O–H groups in total. The topological polar surface area (TPSA) is 41.5 Å². The van der Waals surface area contributed by atoms with Crippen molar-refractivity contribution in [3.63, 3.8) is 0 Å². The van der Waals surface area contributed by atoms with Gasteiger partial charge in [-0.3, -0.25) is 0 Å². The van der Waals surface area contributed by atoms with E-state index in [9.17, 15) is 0 Å². The number of aliphatic hydroxyl groups is 1. The van der Waals surface area contributed by atoms with Gasteiger partial charge >= 0.3 is 0 Å². The van der Waals surface area contributed by atoms with Gasteiger partial charge in [0.2, 0.25) is 0 Å². The lowest BCUT2D eigenvalue weighted by Crippen LogP contribution is -2.29. The van der Waals surface area contributed by atoms with Crippen LogP contribution in [0, 0.1) is 17.8 Å². The van der Waals surface area contributed by atoms with Gasteiger partial charge < -0.3 is 15.2 Å². The predicted octanol–water partition coefficient (Wildman–Crippen LogP) is 1.02. The maximum absolute atomic E-state index is 8.52. The largest absolute Gasteiger partial charge is 0.394 e. The molecule has 3 heteroatoms. The fraction of sp³-hybridized carbons (Fsp3) is 1.00. The van der Waals surface area contributed by atoms with E-state index in [4.69, 9.17) is 9.84 Å². The number of fused-ring (bicyclic) bond motifs is 2. The number of ether oxygens (including phenoxy) is 1. The smallest absolute Gasteiger partial charge is 0.0698 e. The molecule has 2 rings (SSSR count). The maximum atomic E-state index is 8.52. The molecule has 0 saturated heterocycles. The Morgan fingerprint density at radius 3 is 2.80 bits per heavy atom. The molecule has 0 aromatic carbocycles. The molecule has 2 aliphatic carbocycles. The van der Waals surface area contributed by atoms with E-state index in [1.165, 1.54) is 32.2 Å².